The summed E-state index contributed by atoms with van der Waals surface area (Å²) in [4.78, 5) is 15.5. The number of hydrogen-bond acceptors (Lipinski definition) is 4. The molecule has 0 aromatic heterocycles. The van der Waals surface area contributed by atoms with E-state index in [1.807, 2.05) is 18.2 Å². The molecule has 6 nitrogen and oxygen atoms in total. The molecule has 7 heteroatoms. The van der Waals surface area contributed by atoms with E-state index in [0.717, 1.165) is 30.8 Å². The summed E-state index contributed by atoms with van der Waals surface area (Å²) >= 11 is 0. The van der Waals surface area contributed by atoms with E-state index in [-0.39, 0.29) is 10.8 Å². The van der Waals surface area contributed by atoms with Crippen LogP contribution >= 0.6 is 0 Å². The first-order valence-corrected chi connectivity index (χ1v) is 12.7. The summed E-state index contributed by atoms with van der Waals surface area (Å²) in [6.07, 6.45) is 2.48. The second-order valence-corrected chi connectivity index (χ2v) is 10.1. The second kappa shape index (κ2) is 10.2. The van der Waals surface area contributed by atoms with E-state index in [0.29, 0.717) is 17.8 Å². The van der Waals surface area contributed by atoms with Gasteiger partial charge in [-0.15, -0.1) is 0 Å². The predicted molar refractivity (Wildman–Crippen MR) is 131 cm³/mol. The minimum Gasteiger partial charge on any atom is -0.348 e. The molecular formula is C26H29N3O3S. The standard InChI is InChI=1S/C26H29N3O3S/c1-20-13-14-21(17-25(20)28-33(31,32)24-11-3-2-4-12-24)26(30)27-18-22-9-5-6-10-23(22)19-29-15-7-8-16-29/h2-6,9-14,17,28H,7-8,15-16,18-19H2,1H3,(H,27,30). The zero-order valence-corrected chi connectivity index (χ0v) is 19.6. The Balaban J connectivity index is 1.45. The van der Waals surface area contributed by atoms with Gasteiger partial charge in [0, 0.05) is 18.7 Å². The van der Waals surface area contributed by atoms with Crippen molar-refractivity contribution in [2.45, 2.75) is 37.8 Å². The molecule has 0 aliphatic carbocycles. The number of carbonyl (C=O) groups excluding carboxylic acids is 1. The van der Waals surface area contributed by atoms with Crippen LogP contribution in [0.4, 0.5) is 5.69 Å². The molecule has 0 unspecified atom stereocenters. The Labute approximate surface area is 195 Å². The highest BCUT2D eigenvalue weighted by Gasteiger charge is 2.17. The Hall–Kier alpha value is -3.16. The van der Waals surface area contributed by atoms with Crippen LogP contribution in [0.1, 0.15) is 39.9 Å². The number of carbonyl (C=O) groups is 1. The minimum atomic E-state index is -3.74. The fraction of sp³-hybridized carbons (Fsp3) is 0.269. The lowest BCUT2D eigenvalue weighted by atomic mass is 10.1. The molecule has 4 rings (SSSR count). The van der Waals surface area contributed by atoms with Crippen molar-refractivity contribution in [1.82, 2.24) is 10.2 Å². The molecule has 1 saturated heterocycles. The molecule has 172 valence electrons. The molecule has 2 N–H and O–H groups in total. The van der Waals surface area contributed by atoms with E-state index in [4.69, 9.17) is 0 Å². The van der Waals surface area contributed by atoms with Crippen molar-refractivity contribution in [1.29, 1.82) is 0 Å². The van der Waals surface area contributed by atoms with Crippen LogP contribution in [0.15, 0.2) is 77.7 Å². The van der Waals surface area contributed by atoms with Crippen molar-refractivity contribution < 1.29 is 13.2 Å². The highest BCUT2D eigenvalue weighted by atomic mass is 32.2. The SMILES string of the molecule is Cc1ccc(C(=O)NCc2ccccc2CN2CCCC2)cc1NS(=O)(=O)c1ccccc1. The lowest BCUT2D eigenvalue weighted by Gasteiger charge is -2.18. The molecule has 1 aliphatic heterocycles. The topological polar surface area (TPSA) is 78.5 Å². The van der Waals surface area contributed by atoms with E-state index in [9.17, 15) is 13.2 Å². The number of rotatable bonds is 8. The number of hydrogen-bond donors (Lipinski definition) is 2. The number of benzene rings is 3. The minimum absolute atomic E-state index is 0.175. The summed E-state index contributed by atoms with van der Waals surface area (Å²) in [6.45, 7) is 5.35. The summed E-state index contributed by atoms with van der Waals surface area (Å²) in [5.41, 5.74) is 3.85. The van der Waals surface area contributed by atoms with Gasteiger partial charge in [0.05, 0.1) is 10.6 Å². The fourth-order valence-electron chi connectivity index (χ4n) is 4.02. The van der Waals surface area contributed by atoms with Crippen LogP contribution in [-0.2, 0) is 23.1 Å². The Kier molecular flexibility index (Phi) is 7.11. The molecule has 1 amide bonds. The molecule has 0 bridgehead atoms. The van der Waals surface area contributed by atoms with Gasteiger partial charge in [0.15, 0.2) is 0 Å². The van der Waals surface area contributed by atoms with Gasteiger partial charge in [0.25, 0.3) is 15.9 Å². The van der Waals surface area contributed by atoms with Crippen LogP contribution in [-0.4, -0.2) is 32.3 Å². The van der Waals surface area contributed by atoms with Gasteiger partial charge in [-0.2, -0.15) is 0 Å². The second-order valence-electron chi connectivity index (χ2n) is 8.38. The Morgan fingerprint density at radius 3 is 2.30 bits per heavy atom. The first-order chi connectivity index (χ1) is 15.9. The van der Waals surface area contributed by atoms with Gasteiger partial charge in [-0.1, -0.05) is 48.5 Å². The summed E-state index contributed by atoms with van der Waals surface area (Å²) in [6, 6.07) is 21.4. The van der Waals surface area contributed by atoms with Crippen molar-refractivity contribution in [3.05, 3.63) is 95.1 Å². The largest absolute Gasteiger partial charge is 0.348 e. The molecule has 0 spiro atoms. The Bertz CT molecular complexity index is 1220. The van der Waals surface area contributed by atoms with Crippen molar-refractivity contribution >= 4 is 21.6 Å². The predicted octanol–water partition coefficient (Wildman–Crippen LogP) is 4.32. The number of amides is 1. The monoisotopic (exact) mass is 463 g/mol. The lowest BCUT2D eigenvalue weighted by molar-refractivity contribution is 0.0950. The van der Waals surface area contributed by atoms with Gasteiger partial charge in [-0.3, -0.25) is 14.4 Å². The smallest absolute Gasteiger partial charge is 0.261 e. The summed E-state index contributed by atoms with van der Waals surface area (Å²) in [7, 11) is -3.74. The van der Waals surface area contributed by atoms with Crippen LogP contribution in [0.25, 0.3) is 0 Å². The van der Waals surface area contributed by atoms with Crippen LogP contribution in [0.2, 0.25) is 0 Å². The molecular weight excluding hydrogens is 434 g/mol. The van der Waals surface area contributed by atoms with Crippen LogP contribution in [0.5, 0.6) is 0 Å². The maximum absolute atomic E-state index is 12.9. The summed E-state index contributed by atoms with van der Waals surface area (Å²) in [5.74, 6) is -0.244. The highest BCUT2D eigenvalue weighted by Crippen LogP contribution is 2.22. The number of likely N-dealkylation sites (tertiary alicyclic amines) is 1. The van der Waals surface area contributed by atoms with E-state index in [1.54, 1.807) is 43.3 Å². The first-order valence-electron chi connectivity index (χ1n) is 11.2. The van der Waals surface area contributed by atoms with Gasteiger partial charge in [0.2, 0.25) is 0 Å². The number of aryl methyl sites for hydroxylation is 1. The van der Waals surface area contributed by atoms with Crippen molar-refractivity contribution in [2.75, 3.05) is 17.8 Å². The normalized spacial score (nSPS) is 14.2. The molecule has 1 fully saturated rings. The zero-order valence-electron chi connectivity index (χ0n) is 18.8. The van der Waals surface area contributed by atoms with E-state index in [2.05, 4.69) is 21.0 Å². The molecule has 1 heterocycles. The Morgan fingerprint density at radius 2 is 1.58 bits per heavy atom. The third-order valence-electron chi connectivity index (χ3n) is 5.95. The molecule has 0 saturated carbocycles. The third kappa shape index (κ3) is 5.80. The molecule has 0 atom stereocenters. The number of nitrogens with zero attached hydrogens (tertiary/aromatic N) is 1. The van der Waals surface area contributed by atoms with E-state index in [1.165, 1.54) is 30.5 Å². The maximum atomic E-state index is 12.9. The number of nitrogens with one attached hydrogen (secondary N) is 2. The lowest BCUT2D eigenvalue weighted by Crippen LogP contribution is -2.25. The third-order valence-corrected chi connectivity index (χ3v) is 7.33. The van der Waals surface area contributed by atoms with Crippen LogP contribution in [0.3, 0.4) is 0 Å². The Morgan fingerprint density at radius 1 is 0.909 bits per heavy atom. The van der Waals surface area contributed by atoms with Gasteiger partial charge < -0.3 is 5.32 Å². The van der Waals surface area contributed by atoms with E-state index >= 15 is 0 Å². The molecule has 33 heavy (non-hydrogen) atoms. The number of anilines is 1. The average Bonchev–Trinajstić information content (AvgIpc) is 3.33. The quantitative estimate of drug-likeness (QED) is 0.521. The van der Waals surface area contributed by atoms with Crippen molar-refractivity contribution in [3.8, 4) is 0 Å². The van der Waals surface area contributed by atoms with Crippen molar-refractivity contribution in [3.63, 3.8) is 0 Å². The molecule has 3 aromatic rings. The average molecular weight is 464 g/mol. The van der Waals surface area contributed by atoms with Crippen molar-refractivity contribution in [2.24, 2.45) is 0 Å². The van der Waals surface area contributed by atoms with Crippen LogP contribution in [0, 0.1) is 6.92 Å². The summed E-state index contributed by atoms with van der Waals surface area (Å²) < 4.78 is 28.0. The first kappa shape index (κ1) is 23.0. The molecule has 0 radical (unpaired) electrons. The highest BCUT2D eigenvalue weighted by molar-refractivity contribution is 7.92. The molecule has 1 aliphatic rings. The van der Waals surface area contributed by atoms with Gasteiger partial charge in [-0.05, 0) is 73.8 Å². The molecule has 3 aromatic carbocycles. The van der Waals surface area contributed by atoms with E-state index < -0.39 is 10.0 Å². The van der Waals surface area contributed by atoms with Crippen LogP contribution < -0.4 is 10.0 Å². The van der Waals surface area contributed by atoms with Gasteiger partial charge in [-0.25, -0.2) is 8.42 Å². The van der Waals surface area contributed by atoms with Gasteiger partial charge in [0.1, 0.15) is 0 Å². The number of sulfonamides is 1. The maximum Gasteiger partial charge on any atom is 0.261 e. The van der Waals surface area contributed by atoms with Gasteiger partial charge >= 0.3 is 0 Å². The summed E-state index contributed by atoms with van der Waals surface area (Å²) in [5, 5.41) is 2.99. The zero-order chi connectivity index (χ0) is 23.3. The fourth-order valence-corrected chi connectivity index (χ4v) is 5.16.